The van der Waals surface area contributed by atoms with Crippen molar-refractivity contribution in [3.8, 4) is 0 Å². The number of carboxylic acid groups (broad SMARTS) is 1. The van der Waals surface area contributed by atoms with Gasteiger partial charge in [-0.05, 0) is 23.7 Å². The Balaban J connectivity index is 2.91. The van der Waals surface area contributed by atoms with E-state index in [1.807, 2.05) is 0 Å². The molecule has 0 amide bonds. The lowest BCUT2D eigenvalue weighted by Gasteiger charge is -1.97. The van der Waals surface area contributed by atoms with Gasteiger partial charge >= 0.3 is 5.97 Å². The fraction of sp³-hybridized carbons (Fsp3) is 0. The standard InChI is InChI=1S/C8H4Cl2N2O2/c9-8-11-5-3-1-2-4(7(13)14)6(5)12(8)10/h1-3H,(H,13,14). The first-order valence-electron chi connectivity index (χ1n) is 3.67. The number of imidazole rings is 1. The van der Waals surface area contributed by atoms with Crippen molar-refractivity contribution in [3.05, 3.63) is 29.0 Å². The van der Waals surface area contributed by atoms with Crippen LogP contribution in [0, 0.1) is 0 Å². The SMILES string of the molecule is O=C(O)c1cccc2nc(Cl)n(Cl)c12. The van der Waals surface area contributed by atoms with Crippen LogP contribution in [-0.2, 0) is 0 Å². The van der Waals surface area contributed by atoms with Crippen molar-refractivity contribution in [1.29, 1.82) is 0 Å². The van der Waals surface area contributed by atoms with Crippen LogP contribution in [0.25, 0.3) is 11.0 Å². The third-order valence-electron chi connectivity index (χ3n) is 1.82. The molecule has 72 valence electrons. The molecular formula is C8H4Cl2N2O2. The van der Waals surface area contributed by atoms with Crippen molar-refractivity contribution >= 4 is 40.4 Å². The molecule has 2 aromatic rings. The van der Waals surface area contributed by atoms with Gasteiger partial charge in [-0.1, -0.05) is 6.07 Å². The molecule has 0 saturated heterocycles. The largest absolute Gasteiger partial charge is 0.478 e. The molecule has 1 heterocycles. The lowest BCUT2D eigenvalue weighted by Crippen LogP contribution is -1.98. The molecule has 0 fully saturated rings. The number of carbonyl (C=O) groups is 1. The molecule has 4 nitrogen and oxygen atoms in total. The second-order valence-corrected chi connectivity index (χ2v) is 3.32. The molecule has 0 bridgehead atoms. The second kappa shape index (κ2) is 3.15. The average molecular weight is 231 g/mol. The molecule has 0 radical (unpaired) electrons. The number of fused-ring (bicyclic) bond motifs is 1. The number of benzene rings is 1. The minimum absolute atomic E-state index is 0.0513. The van der Waals surface area contributed by atoms with Crippen LogP contribution in [-0.4, -0.2) is 20.1 Å². The maximum absolute atomic E-state index is 10.8. The van der Waals surface area contributed by atoms with Gasteiger partial charge in [0.25, 0.3) is 0 Å². The molecule has 0 unspecified atom stereocenters. The van der Waals surface area contributed by atoms with Crippen LogP contribution in [0.1, 0.15) is 10.4 Å². The summed E-state index contributed by atoms with van der Waals surface area (Å²) in [4.78, 5) is 14.7. The zero-order valence-corrected chi connectivity index (χ0v) is 8.25. The third-order valence-corrected chi connectivity index (χ3v) is 2.49. The van der Waals surface area contributed by atoms with Crippen molar-refractivity contribution < 1.29 is 9.90 Å². The first-order chi connectivity index (χ1) is 6.61. The highest BCUT2D eigenvalue weighted by atomic mass is 35.5. The van der Waals surface area contributed by atoms with Crippen LogP contribution in [0.15, 0.2) is 18.2 Å². The number of carboxylic acids is 1. The van der Waals surface area contributed by atoms with Crippen LogP contribution in [0.2, 0.25) is 5.28 Å². The number of hydrogen-bond acceptors (Lipinski definition) is 2. The topological polar surface area (TPSA) is 55.1 Å². The van der Waals surface area contributed by atoms with E-state index in [9.17, 15) is 4.79 Å². The van der Waals surface area contributed by atoms with Gasteiger partial charge in [0.05, 0.1) is 11.1 Å². The summed E-state index contributed by atoms with van der Waals surface area (Å²) in [5.41, 5.74) is 0.855. The van der Waals surface area contributed by atoms with Crippen LogP contribution >= 0.6 is 23.4 Å². The Morgan fingerprint density at radius 2 is 2.21 bits per heavy atom. The molecule has 1 aromatic heterocycles. The summed E-state index contributed by atoms with van der Waals surface area (Å²) in [6, 6.07) is 4.68. The third kappa shape index (κ3) is 1.23. The van der Waals surface area contributed by atoms with Gasteiger partial charge in [-0.3, -0.25) is 0 Å². The first-order valence-corrected chi connectivity index (χ1v) is 4.39. The van der Waals surface area contributed by atoms with E-state index < -0.39 is 5.97 Å². The monoisotopic (exact) mass is 230 g/mol. The smallest absolute Gasteiger partial charge is 0.337 e. The van der Waals surface area contributed by atoms with E-state index in [1.54, 1.807) is 12.1 Å². The Morgan fingerprint density at radius 3 is 2.86 bits per heavy atom. The van der Waals surface area contributed by atoms with Crippen molar-refractivity contribution in [2.75, 3.05) is 0 Å². The molecule has 0 aliphatic rings. The quantitative estimate of drug-likeness (QED) is 0.819. The fourth-order valence-electron chi connectivity index (χ4n) is 1.24. The molecule has 2 rings (SSSR count). The number of halogens is 2. The van der Waals surface area contributed by atoms with Crippen molar-refractivity contribution in [2.45, 2.75) is 0 Å². The number of hydrogen-bond donors (Lipinski definition) is 1. The van der Waals surface area contributed by atoms with E-state index in [0.29, 0.717) is 11.0 Å². The molecule has 6 heteroatoms. The molecule has 0 spiro atoms. The van der Waals surface area contributed by atoms with E-state index >= 15 is 0 Å². The van der Waals surface area contributed by atoms with E-state index in [-0.39, 0.29) is 10.8 Å². The van der Waals surface area contributed by atoms with E-state index in [2.05, 4.69) is 4.98 Å². The summed E-state index contributed by atoms with van der Waals surface area (Å²) < 4.78 is 1.03. The minimum Gasteiger partial charge on any atom is -0.478 e. The van der Waals surface area contributed by atoms with Gasteiger partial charge in [-0.25, -0.2) is 13.9 Å². The Labute approximate surface area is 88.8 Å². The van der Waals surface area contributed by atoms with Crippen LogP contribution in [0.5, 0.6) is 0 Å². The van der Waals surface area contributed by atoms with Crippen LogP contribution in [0.3, 0.4) is 0 Å². The van der Waals surface area contributed by atoms with Gasteiger partial charge in [-0.15, -0.1) is 0 Å². The fourth-order valence-corrected chi connectivity index (χ4v) is 1.63. The molecule has 0 aliphatic heterocycles. The number of nitrogens with zero attached hydrogens (tertiary/aromatic N) is 2. The molecule has 1 N–H and O–H groups in total. The number of rotatable bonds is 1. The highest BCUT2D eigenvalue weighted by Crippen LogP contribution is 2.24. The van der Waals surface area contributed by atoms with Crippen molar-refractivity contribution in [1.82, 2.24) is 9.07 Å². The summed E-state index contributed by atoms with van der Waals surface area (Å²) in [7, 11) is 0. The molecule has 14 heavy (non-hydrogen) atoms. The highest BCUT2D eigenvalue weighted by molar-refractivity contribution is 6.34. The van der Waals surface area contributed by atoms with Crippen molar-refractivity contribution in [3.63, 3.8) is 0 Å². The molecule has 0 aliphatic carbocycles. The molecule has 0 saturated carbocycles. The second-order valence-electron chi connectivity index (χ2n) is 2.64. The Morgan fingerprint density at radius 1 is 1.50 bits per heavy atom. The van der Waals surface area contributed by atoms with E-state index in [1.165, 1.54) is 6.07 Å². The summed E-state index contributed by atoms with van der Waals surface area (Å²) in [5.74, 6) is -1.06. The number of aromatic nitrogens is 2. The molecule has 0 atom stereocenters. The summed E-state index contributed by atoms with van der Waals surface area (Å²) >= 11 is 11.4. The van der Waals surface area contributed by atoms with Crippen LogP contribution < -0.4 is 0 Å². The maximum Gasteiger partial charge on any atom is 0.337 e. The summed E-state index contributed by atoms with van der Waals surface area (Å²) in [5, 5.41) is 8.92. The maximum atomic E-state index is 10.8. The zero-order valence-electron chi connectivity index (χ0n) is 6.74. The summed E-state index contributed by atoms with van der Waals surface area (Å²) in [6.07, 6.45) is 0. The van der Waals surface area contributed by atoms with Gasteiger partial charge in [0, 0.05) is 11.8 Å². The Bertz CT molecular complexity index is 521. The first kappa shape index (κ1) is 9.30. The van der Waals surface area contributed by atoms with Crippen molar-refractivity contribution in [2.24, 2.45) is 0 Å². The van der Waals surface area contributed by atoms with E-state index in [0.717, 1.165) is 4.09 Å². The zero-order chi connectivity index (χ0) is 10.3. The highest BCUT2D eigenvalue weighted by Gasteiger charge is 2.15. The summed E-state index contributed by atoms with van der Waals surface area (Å²) in [6.45, 7) is 0. The number of para-hydroxylation sites is 1. The Kier molecular flexibility index (Phi) is 2.09. The normalized spacial score (nSPS) is 10.7. The van der Waals surface area contributed by atoms with Crippen LogP contribution in [0.4, 0.5) is 0 Å². The Hall–Kier alpha value is -1.26. The lowest BCUT2D eigenvalue weighted by molar-refractivity contribution is 0.0699. The average Bonchev–Trinajstić information content (AvgIpc) is 2.43. The molecular weight excluding hydrogens is 227 g/mol. The van der Waals surface area contributed by atoms with Gasteiger partial charge in [0.15, 0.2) is 0 Å². The lowest BCUT2D eigenvalue weighted by atomic mass is 10.2. The predicted octanol–water partition coefficient (Wildman–Crippen LogP) is 2.39. The predicted molar refractivity (Wildman–Crippen MR) is 53.0 cm³/mol. The minimum atomic E-state index is -1.06. The van der Waals surface area contributed by atoms with Gasteiger partial charge in [0.2, 0.25) is 5.28 Å². The van der Waals surface area contributed by atoms with Gasteiger partial charge < -0.3 is 5.11 Å². The van der Waals surface area contributed by atoms with E-state index in [4.69, 9.17) is 28.5 Å². The molecule has 1 aromatic carbocycles. The van der Waals surface area contributed by atoms with Gasteiger partial charge in [0.1, 0.15) is 5.52 Å². The number of aromatic carboxylic acids is 1. The van der Waals surface area contributed by atoms with Gasteiger partial charge in [-0.2, -0.15) is 0 Å².